The van der Waals surface area contributed by atoms with Crippen LogP contribution >= 0.6 is 0 Å². The Morgan fingerprint density at radius 3 is 1.13 bits per heavy atom. The van der Waals surface area contributed by atoms with E-state index in [0.29, 0.717) is 181 Å². The monoisotopic (exact) mass is 1440 g/mol. The van der Waals surface area contributed by atoms with Crippen molar-refractivity contribution in [1.29, 1.82) is 0 Å². The molecule has 0 aromatic heterocycles. The van der Waals surface area contributed by atoms with Gasteiger partial charge in [-0.1, -0.05) is 50.2 Å². The highest BCUT2D eigenvalue weighted by Gasteiger charge is 2.40. The lowest BCUT2D eigenvalue weighted by Gasteiger charge is -2.37. The van der Waals surface area contributed by atoms with Crippen molar-refractivity contribution in [3.63, 3.8) is 0 Å². The van der Waals surface area contributed by atoms with Crippen LogP contribution in [0.15, 0.2) is 109 Å². The number of methoxy groups -OCH3 is 10. The minimum atomic E-state index is -1.20. The summed E-state index contributed by atoms with van der Waals surface area (Å²) < 4.78 is 80.5. The largest absolute Gasteiger partial charge is 0.493 e. The number of ether oxygens (including phenoxy) is 14. The molecule has 0 aliphatic carbocycles. The maximum Gasteiger partial charge on any atom is 0.329 e. The van der Waals surface area contributed by atoms with Crippen LogP contribution in [0.2, 0.25) is 0 Å². The summed E-state index contributed by atoms with van der Waals surface area (Å²) in [5.41, 5.74) is 4.24. The Morgan fingerprint density at radius 2 is 0.798 bits per heavy atom. The van der Waals surface area contributed by atoms with Crippen molar-refractivity contribution >= 4 is 35.6 Å². The number of aryl methyl sites for hydroxylation is 2. The molecule has 0 radical (unpaired) electrons. The third-order valence-corrected chi connectivity index (χ3v) is 18.8. The average Bonchev–Trinajstić information content (AvgIpc) is 0.798. The van der Waals surface area contributed by atoms with E-state index in [4.69, 9.17) is 66.3 Å². The van der Waals surface area contributed by atoms with Crippen molar-refractivity contribution in [3.05, 3.63) is 143 Å². The second kappa shape index (κ2) is 39.4. The van der Waals surface area contributed by atoms with Crippen LogP contribution in [-0.2, 0) is 51.1 Å². The number of amides is 4. The molecule has 4 unspecified atom stereocenters. The molecule has 2 fully saturated rings. The van der Waals surface area contributed by atoms with Gasteiger partial charge >= 0.3 is 11.9 Å². The molecule has 3 N–H and O–H groups in total. The molecule has 6 atom stereocenters. The third-order valence-electron chi connectivity index (χ3n) is 18.8. The second-order valence-corrected chi connectivity index (χ2v) is 25.2. The summed E-state index contributed by atoms with van der Waals surface area (Å²) in [6.45, 7) is 3.18. The molecule has 8 rings (SSSR count). The highest BCUT2D eigenvalue weighted by atomic mass is 16.6. The molecule has 4 amide bonds. The fourth-order valence-electron chi connectivity index (χ4n) is 13.2. The Morgan fingerprint density at radius 1 is 0.433 bits per heavy atom. The van der Waals surface area contributed by atoms with E-state index in [1.54, 1.807) is 123 Å². The quantitative estimate of drug-likeness (QED) is 0.0304. The minimum Gasteiger partial charge on any atom is -0.493 e. The van der Waals surface area contributed by atoms with Gasteiger partial charge in [-0.25, -0.2) is 9.59 Å². The first-order chi connectivity index (χ1) is 50.4. The highest BCUT2D eigenvalue weighted by molar-refractivity contribution is 5.90. The van der Waals surface area contributed by atoms with E-state index in [2.05, 4.69) is 10.6 Å². The number of nitrogens with one attached hydrogen (secondary N) is 2. The lowest BCUT2D eigenvalue weighted by molar-refractivity contribution is -0.162. The average molecular weight is 1440 g/mol. The van der Waals surface area contributed by atoms with E-state index in [1.807, 2.05) is 38.1 Å². The molecular weight excluding hydrogens is 1340 g/mol. The Balaban J connectivity index is 0.878. The van der Waals surface area contributed by atoms with Crippen LogP contribution in [0.1, 0.15) is 135 Å². The van der Waals surface area contributed by atoms with Gasteiger partial charge in [0.05, 0.1) is 89.0 Å². The smallest absolute Gasteiger partial charge is 0.329 e. The summed E-state index contributed by atoms with van der Waals surface area (Å²) in [5, 5.41) is 16.2. The predicted octanol–water partition coefficient (Wildman–Crippen LogP) is 10.4. The number of carbonyl (C=O) groups excluding carboxylic acids is 6. The minimum absolute atomic E-state index is 0.229. The van der Waals surface area contributed by atoms with E-state index < -0.39 is 79.2 Å². The van der Waals surface area contributed by atoms with Gasteiger partial charge in [0.2, 0.25) is 23.3 Å². The topological polar surface area (TPSA) is 282 Å². The van der Waals surface area contributed by atoms with Gasteiger partial charge in [-0.15, -0.1) is 0 Å². The van der Waals surface area contributed by atoms with Gasteiger partial charge in [0, 0.05) is 26.2 Å². The molecule has 25 heteroatoms. The number of aliphatic hydroxyl groups is 1. The van der Waals surface area contributed by atoms with Crippen molar-refractivity contribution in [3.8, 4) is 69.0 Å². The lowest BCUT2D eigenvalue weighted by atomic mass is 9.91. The first kappa shape index (κ1) is 79.4. The molecule has 562 valence electrons. The lowest BCUT2D eigenvalue weighted by Crippen LogP contribution is -2.50. The fraction of sp³-hybridized carbons (Fsp3) is 0.468. The second-order valence-electron chi connectivity index (χ2n) is 25.2. The number of benzene rings is 6. The summed E-state index contributed by atoms with van der Waals surface area (Å²) in [6.07, 6.45) is 3.13. The Kier molecular flexibility index (Phi) is 30.1. The van der Waals surface area contributed by atoms with Crippen LogP contribution in [0.25, 0.3) is 0 Å². The number of rotatable bonds is 38. The first-order valence-electron chi connectivity index (χ1n) is 35.1. The SMILES string of the molecule is CCC(C(=O)N1CCCC[C@H]1C(=O)OC(CCc1ccc(OC)c(OC)c1)c1cccc(OCC(=O)NCC(O)CNC(=O)COc2cccc(C(CCc3ccc(OC)c(OC)c3)OC(=O)[C@@H]3CCCCN3C(=O)C(CC)c3cc(OC)c(OC)c(OC)c3)c2)c1)c1cc(OC)c(OC)c(OC)c1. The van der Waals surface area contributed by atoms with Crippen LogP contribution < -0.4 is 67.5 Å². The fourth-order valence-corrected chi connectivity index (χ4v) is 13.2. The van der Waals surface area contributed by atoms with Crippen molar-refractivity contribution < 1.29 is 100 Å². The van der Waals surface area contributed by atoms with Gasteiger partial charge in [0.1, 0.15) is 35.8 Å². The molecule has 2 saturated heterocycles. The standard InChI is InChI=1S/C79H100N4O21/c1-13-58(53-41-68(95-7)74(99-11)69(42-53)96-8)76(87)82-35-17-15-25-60(82)78(89)103-62(31-27-49-29-33-64(91-3)66(37-49)93-5)51-21-19-23-56(39-51)101-47-72(85)80-45-55(84)46-81-73(86)48-102-57-24-20-22-52(40-57)63(32-28-50-30-34-65(92-4)67(38-50)94-6)104-79(90)61-26-16-18-36-83(61)77(88)59(14-2)54-43-70(97-9)75(100-12)71(44-54)98-10/h19-24,29-30,33-34,37-44,55,58-63,84H,13-18,25-28,31-32,35-36,45-48H2,1-12H3,(H,80,85)(H,81,86)/t55?,58?,59?,60-,61-,62?,63?/m0/s1. The number of hydrogen-bond donors (Lipinski definition) is 3. The van der Waals surface area contributed by atoms with E-state index >= 15 is 0 Å². The molecule has 0 spiro atoms. The molecule has 104 heavy (non-hydrogen) atoms. The summed E-state index contributed by atoms with van der Waals surface area (Å²) in [7, 11) is 15.3. The first-order valence-corrected chi connectivity index (χ1v) is 35.1. The van der Waals surface area contributed by atoms with Crippen molar-refractivity contribution in [2.75, 3.05) is 110 Å². The summed E-state index contributed by atoms with van der Waals surface area (Å²) in [5.74, 6) is 1.23. The van der Waals surface area contributed by atoms with Crippen LogP contribution in [-0.4, -0.2) is 179 Å². The molecule has 0 saturated carbocycles. The highest BCUT2D eigenvalue weighted by Crippen LogP contribution is 2.44. The summed E-state index contributed by atoms with van der Waals surface area (Å²) in [6, 6.07) is 30.2. The number of esters is 2. The Labute approximate surface area is 608 Å². The number of piperidine rings is 2. The third kappa shape index (κ3) is 20.5. The van der Waals surface area contributed by atoms with Crippen LogP contribution in [0.5, 0.6) is 69.0 Å². The molecule has 6 aromatic rings. The normalized spacial score (nSPS) is 15.6. The van der Waals surface area contributed by atoms with Crippen molar-refractivity contribution in [2.45, 2.75) is 133 Å². The van der Waals surface area contributed by atoms with E-state index in [9.17, 15) is 33.9 Å². The van der Waals surface area contributed by atoms with Crippen molar-refractivity contribution in [1.82, 2.24) is 20.4 Å². The van der Waals surface area contributed by atoms with E-state index in [0.717, 1.165) is 11.1 Å². The summed E-state index contributed by atoms with van der Waals surface area (Å²) in [4.78, 5) is 88.3. The molecule has 2 heterocycles. The number of likely N-dealkylation sites (tertiary alicyclic amines) is 2. The van der Waals surface area contributed by atoms with Gasteiger partial charge in [0.15, 0.2) is 59.2 Å². The van der Waals surface area contributed by atoms with Crippen LogP contribution in [0.3, 0.4) is 0 Å². The maximum atomic E-state index is 14.7. The molecule has 0 bridgehead atoms. The molecular formula is C79H100N4O21. The van der Waals surface area contributed by atoms with Crippen LogP contribution in [0.4, 0.5) is 0 Å². The number of nitrogens with zero attached hydrogens (tertiary/aromatic N) is 2. The zero-order chi connectivity index (χ0) is 74.8. The number of aliphatic hydroxyl groups excluding tert-OH is 1. The van der Waals surface area contributed by atoms with Gasteiger partial charge in [-0.2, -0.15) is 0 Å². The molecule has 25 nitrogen and oxygen atoms in total. The van der Waals surface area contributed by atoms with Crippen molar-refractivity contribution in [2.24, 2.45) is 0 Å². The molecule has 6 aromatic carbocycles. The predicted molar refractivity (Wildman–Crippen MR) is 386 cm³/mol. The van der Waals surface area contributed by atoms with E-state index in [-0.39, 0.29) is 24.9 Å². The molecule has 2 aliphatic rings. The number of carbonyl (C=O) groups is 6. The Hall–Kier alpha value is -10.3. The van der Waals surface area contributed by atoms with Gasteiger partial charge in [-0.05, 0) is 183 Å². The van der Waals surface area contributed by atoms with Gasteiger partial charge in [-0.3, -0.25) is 19.2 Å². The molecule has 2 aliphatic heterocycles. The summed E-state index contributed by atoms with van der Waals surface area (Å²) >= 11 is 0. The maximum absolute atomic E-state index is 14.7. The van der Waals surface area contributed by atoms with Gasteiger partial charge in [0.25, 0.3) is 11.8 Å². The van der Waals surface area contributed by atoms with E-state index in [1.165, 1.54) is 42.7 Å². The number of hydrogen-bond acceptors (Lipinski definition) is 21. The zero-order valence-electron chi connectivity index (χ0n) is 61.7. The van der Waals surface area contributed by atoms with Crippen LogP contribution in [0, 0.1) is 0 Å². The Bertz CT molecular complexity index is 3570. The van der Waals surface area contributed by atoms with Gasteiger partial charge < -0.3 is 91.9 Å². The zero-order valence-corrected chi connectivity index (χ0v) is 61.7.